The maximum Gasteiger partial charge on any atom is 0.223 e. The zero-order valence-electron chi connectivity index (χ0n) is 18.2. The maximum atomic E-state index is 14.0. The summed E-state index contributed by atoms with van der Waals surface area (Å²) >= 11 is 1.75. The molecule has 3 heterocycles. The van der Waals surface area contributed by atoms with Gasteiger partial charge in [-0.25, -0.2) is 4.39 Å². The molecule has 31 heavy (non-hydrogen) atoms. The van der Waals surface area contributed by atoms with Crippen LogP contribution >= 0.6 is 11.3 Å². The summed E-state index contributed by atoms with van der Waals surface area (Å²) in [6.07, 6.45) is 1.89. The number of hydrogen-bond donors (Lipinski definition) is 0. The molecule has 0 N–H and O–H groups in total. The number of rotatable bonds is 5. The molecule has 1 aromatic heterocycles. The number of nitrogens with zero attached hydrogens (tertiary/aromatic N) is 3. The van der Waals surface area contributed by atoms with E-state index in [4.69, 9.17) is 0 Å². The number of benzene rings is 1. The van der Waals surface area contributed by atoms with Crippen LogP contribution in [0.3, 0.4) is 0 Å². The lowest BCUT2D eigenvalue weighted by molar-refractivity contribution is -0.142. The van der Waals surface area contributed by atoms with Crippen LogP contribution in [0.4, 0.5) is 4.39 Å². The first-order valence-corrected chi connectivity index (χ1v) is 12.0. The van der Waals surface area contributed by atoms with E-state index in [0.717, 1.165) is 18.5 Å². The minimum atomic E-state index is -0.232. The van der Waals surface area contributed by atoms with Gasteiger partial charge in [0.2, 0.25) is 11.8 Å². The number of thiophene rings is 1. The van der Waals surface area contributed by atoms with Crippen LogP contribution in [-0.4, -0.2) is 65.3 Å². The summed E-state index contributed by atoms with van der Waals surface area (Å²) in [4.78, 5) is 32.4. The average molecular weight is 444 g/mol. The number of amides is 2. The van der Waals surface area contributed by atoms with Crippen LogP contribution in [0.1, 0.15) is 48.7 Å². The van der Waals surface area contributed by atoms with Crippen molar-refractivity contribution in [2.24, 2.45) is 0 Å². The normalized spacial score (nSPS) is 21.8. The Morgan fingerprint density at radius 3 is 2.74 bits per heavy atom. The van der Waals surface area contributed by atoms with Crippen molar-refractivity contribution in [3.8, 4) is 0 Å². The summed E-state index contributed by atoms with van der Waals surface area (Å²) in [5.74, 6) is 0.0475. The van der Waals surface area contributed by atoms with Gasteiger partial charge in [0.1, 0.15) is 5.82 Å². The van der Waals surface area contributed by atoms with Gasteiger partial charge in [-0.15, -0.1) is 11.3 Å². The monoisotopic (exact) mass is 443 g/mol. The number of carbonyl (C=O) groups excluding carboxylic acids is 2. The van der Waals surface area contributed by atoms with Crippen molar-refractivity contribution in [3.05, 3.63) is 57.5 Å². The van der Waals surface area contributed by atoms with Crippen LogP contribution < -0.4 is 0 Å². The highest BCUT2D eigenvalue weighted by Crippen LogP contribution is 2.38. The van der Waals surface area contributed by atoms with E-state index in [2.05, 4.69) is 16.3 Å². The summed E-state index contributed by atoms with van der Waals surface area (Å²) in [5.41, 5.74) is 2.17. The Morgan fingerprint density at radius 1 is 1.16 bits per heavy atom. The highest BCUT2D eigenvalue weighted by molar-refractivity contribution is 7.10. The lowest BCUT2D eigenvalue weighted by Gasteiger charge is -2.40. The van der Waals surface area contributed by atoms with Crippen molar-refractivity contribution >= 4 is 23.2 Å². The quantitative estimate of drug-likeness (QED) is 0.708. The Hall–Kier alpha value is -2.25. The van der Waals surface area contributed by atoms with Crippen LogP contribution in [0, 0.1) is 5.82 Å². The van der Waals surface area contributed by atoms with Gasteiger partial charge in [-0.1, -0.05) is 19.1 Å². The van der Waals surface area contributed by atoms with Gasteiger partial charge in [0.15, 0.2) is 0 Å². The number of piperazine rings is 1. The highest BCUT2D eigenvalue weighted by Gasteiger charge is 2.32. The van der Waals surface area contributed by atoms with Crippen molar-refractivity contribution < 1.29 is 14.0 Å². The molecule has 1 fully saturated rings. The number of carbonyl (C=O) groups is 2. The smallest absolute Gasteiger partial charge is 0.223 e. The second kappa shape index (κ2) is 9.49. The van der Waals surface area contributed by atoms with Crippen LogP contribution in [0.25, 0.3) is 0 Å². The first-order valence-electron chi connectivity index (χ1n) is 11.1. The summed E-state index contributed by atoms with van der Waals surface area (Å²) in [6.45, 7) is 7.17. The second-order valence-corrected chi connectivity index (χ2v) is 9.42. The van der Waals surface area contributed by atoms with E-state index in [-0.39, 0.29) is 29.7 Å². The van der Waals surface area contributed by atoms with Gasteiger partial charge in [0.05, 0.1) is 6.04 Å². The van der Waals surface area contributed by atoms with Crippen molar-refractivity contribution in [2.45, 2.75) is 45.2 Å². The number of hydrogen-bond acceptors (Lipinski definition) is 4. The molecule has 0 radical (unpaired) electrons. The predicted octanol–water partition coefficient (Wildman–Crippen LogP) is 3.69. The lowest BCUT2D eigenvalue weighted by atomic mass is 9.93. The fourth-order valence-corrected chi connectivity index (χ4v) is 5.74. The summed E-state index contributed by atoms with van der Waals surface area (Å²) in [7, 11) is 0. The standard InChI is InChI=1S/C24H30FN3O2S/c1-3-22(29)28-13-12-27(16-17(28)2)23(30)8-11-26-10-7-21-20(9-14-31-21)24(26)18-5-4-6-19(25)15-18/h4-6,9,14-15,17,24H,3,7-8,10-13,16H2,1-2H3/t17-,24-/m0/s1. The number of halogens is 1. The Morgan fingerprint density at radius 2 is 2.00 bits per heavy atom. The molecule has 0 aliphatic carbocycles. The van der Waals surface area contributed by atoms with Crippen LogP contribution in [0.2, 0.25) is 0 Å². The largest absolute Gasteiger partial charge is 0.339 e. The molecule has 2 atom stereocenters. The molecule has 0 bridgehead atoms. The van der Waals surface area contributed by atoms with Gasteiger partial charge in [0.25, 0.3) is 0 Å². The first-order chi connectivity index (χ1) is 15.0. The third-order valence-electron chi connectivity index (χ3n) is 6.45. The molecule has 2 amide bonds. The highest BCUT2D eigenvalue weighted by atomic mass is 32.1. The fraction of sp³-hybridized carbons (Fsp3) is 0.500. The topological polar surface area (TPSA) is 43.9 Å². The Kier molecular flexibility index (Phi) is 6.72. The molecular formula is C24H30FN3O2S. The molecule has 0 unspecified atom stereocenters. The van der Waals surface area contributed by atoms with Gasteiger partial charge in [-0.05, 0) is 48.1 Å². The summed E-state index contributed by atoms with van der Waals surface area (Å²) in [6, 6.07) is 8.98. The summed E-state index contributed by atoms with van der Waals surface area (Å²) in [5, 5.41) is 2.10. The number of fused-ring (bicyclic) bond motifs is 1. The van der Waals surface area contributed by atoms with Crippen molar-refractivity contribution in [1.82, 2.24) is 14.7 Å². The Labute approximate surface area is 187 Å². The van der Waals surface area contributed by atoms with Crippen molar-refractivity contribution in [1.29, 1.82) is 0 Å². The Balaban J connectivity index is 1.43. The van der Waals surface area contributed by atoms with E-state index in [1.807, 2.05) is 29.7 Å². The minimum absolute atomic E-state index is 0.0172. The molecule has 2 aliphatic rings. The van der Waals surface area contributed by atoms with E-state index in [9.17, 15) is 14.0 Å². The average Bonchev–Trinajstić information content (AvgIpc) is 3.25. The fourth-order valence-electron chi connectivity index (χ4n) is 4.83. The zero-order chi connectivity index (χ0) is 22.0. The van der Waals surface area contributed by atoms with E-state index in [1.165, 1.54) is 16.5 Å². The van der Waals surface area contributed by atoms with E-state index in [0.29, 0.717) is 39.0 Å². The third-order valence-corrected chi connectivity index (χ3v) is 7.44. The van der Waals surface area contributed by atoms with Gasteiger partial charge >= 0.3 is 0 Å². The molecule has 1 aromatic carbocycles. The molecule has 5 nitrogen and oxygen atoms in total. The Bertz CT molecular complexity index is 946. The van der Waals surface area contributed by atoms with E-state index < -0.39 is 0 Å². The van der Waals surface area contributed by atoms with E-state index >= 15 is 0 Å². The minimum Gasteiger partial charge on any atom is -0.339 e. The van der Waals surface area contributed by atoms with Gasteiger partial charge in [-0.2, -0.15) is 0 Å². The van der Waals surface area contributed by atoms with E-state index in [1.54, 1.807) is 23.5 Å². The lowest BCUT2D eigenvalue weighted by Crippen LogP contribution is -2.55. The first kappa shape index (κ1) is 22.0. The zero-order valence-corrected chi connectivity index (χ0v) is 19.0. The SMILES string of the molecule is CCC(=O)N1CCN(C(=O)CCN2CCc3sccc3[C@@H]2c2cccc(F)c2)C[C@@H]1C. The van der Waals surface area contributed by atoms with Gasteiger partial charge in [-0.3, -0.25) is 14.5 Å². The van der Waals surface area contributed by atoms with Crippen LogP contribution in [0.15, 0.2) is 35.7 Å². The molecule has 166 valence electrons. The molecule has 1 saturated heterocycles. The van der Waals surface area contributed by atoms with Gasteiger partial charge in [0, 0.05) is 56.5 Å². The van der Waals surface area contributed by atoms with Crippen molar-refractivity contribution in [3.63, 3.8) is 0 Å². The van der Waals surface area contributed by atoms with Gasteiger partial charge < -0.3 is 9.80 Å². The third kappa shape index (κ3) is 4.67. The predicted molar refractivity (Wildman–Crippen MR) is 121 cm³/mol. The molecule has 0 spiro atoms. The molecule has 7 heteroatoms. The molecule has 0 saturated carbocycles. The van der Waals surface area contributed by atoms with Crippen LogP contribution in [-0.2, 0) is 16.0 Å². The summed E-state index contributed by atoms with van der Waals surface area (Å²) < 4.78 is 14.0. The molecular weight excluding hydrogens is 413 g/mol. The molecule has 2 aromatic rings. The second-order valence-electron chi connectivity index (χ2n) is 8.42. The van der Waals surface area contributed by atoms with Crippen LogP contribution in [0.5, 0.6) is 0 Å². The van der Waals surface area contributed by atoms with Crippen molar-refractivity contribution in [2.75, 3.05) is 32.7 Å². The maximum absolute atomic E-state index is 14.0. The molecule has 4 rings (SSSR count). The molecule has 2 aliphatic heterocycles.